The summed E-state index contributed by atoms with van der Waals surface area (Å²) in [5.41, 5.74) is 0.796. The first-order valence-electron chi connectivity index (χ1n) is 8.56. The molecule has 4 rings (SSSR count). The summed E-state index contributed by atoms with van der Waals surface area (Å²) in [6, 6.07) is 0.943. The first-order chi connectivity index (χ1) is 9.13. The van der Waals surface area contributed by atoms with E-state index in [-0.39, 0.29) is 0 Å². The van der Waals surface area contributed by atoms with Gasteiger partial charge in [0, 0.05) is 19.1 Å². The van der Waals surface area contributed by atoms with Gasteiger partial charge < -0.3 is 9.80 Å². The molecule has 108 valence electrons. The minimum absolute atomic E-state index is 0.796. The van der Waals surface area contributed by atoms with Crippen molar-refractivity contribution in [3.05, 3.63) is 0 Å². The van der Waals surface area contributed by atoms with Gasteiger partial charge in [-0.1, -0.05) is 6.92 Å². The third-order valence-corrected chi connectivity index (χ3v) is 6.85. The van der Waals surface area contributed by atoms with Gasteiger partial charge in [-0.15, -0.1) is 0 Å². The standard InChI is InChI=1S/C17H30N2/c1-13-9-17(10-13)3-5-19(6-4-17)16-7-14-11-18(2)12-15(14)8-16/h13-16H,3-12H2,1-2H3/t14-,15+,16?. The van der Waals surface area contributed by atoms with Crippen molar-refractivity contribution in [1.82, 2.24) is 9.80 Å². The van der Waals surface area contributed by atoms with Crippen molar-refractivity contribution in [1.29, 1.82) is 0 Å². The van der Waals surface area contributed by atoms with Crippen molar-refractivity contribution in [2.24, 2.45) is 23.2 Å². The molecule has 0 aromatic rings. The molecule has 4 aliphatic rings. The molecule has 4 fully saturated rings. The highest BCUT2D eigenvalue weighted by atomic mass is 15.2. The molecule has 0 N–H and O–H groups in total. The van der Waals surface area contributed by atoms with Gasteiger partial charge in [-0.05, 0) is 81.8 Å². The van der Waals surface area contributed by atoms with Crippen LogP contribution < -0.4 is 0 Å². The largest absolute Gasteiger partial charge is 0.306 e. The van der Waals surface area contributed by atoms with Gasteiger partial charge in [-0.2, -0.15) is 0 Å². The lowest BCUT2D eigenvalue weighted by Crippen LogP contribution is -2.49. The number of rotatable bonds is 1. The van der Waals surface area contributed by atoms with Crippen LogP contribution in [-0.2, 0) is 0 Å². The van der Waals surface area contributed by atoms with Crippen molar-refractivity contribution < 1.29 is 0 Å². The number of hydrogen-bond acceptors (Lipinski definition) is 2. The van der Waals surface area contributed by atoms with Gasteiger partial charge in [0.05, 0.1) is 0 Å². The molecule has 0 aromatic heterocycles. The molecule has 0 bridgehead atoms. The van der Waals surface area contributed by atoms with Gasteiger partial charge in [0.2, 0.25) is 0 Å². The van der Waals surface area contributed by atoms with E-state index in [0.29, 0.717) is 0 Å². The third-order valence-electron chi connectivity index (χ3n) is 6.85. The SMILES string of the molecule is CC1CC2(CCN(C3C[C@@H]4CN(C)C[C@@H]4C3)CC2)C1. The van der Waals surface area contributed by atoms with Crippen LogP contribution in [0.2, 0.25) is 0 Å². The van der Waals surface area contributed by atoms with Crippen LogP contribution >= 0.6 is 0 Å². The molecule has 2 aliphatic carbocycles. The van der Waals surface area contributed by atoms with E-state index < -0.39 is 0 Å². The van der Waals surface area contributed by atoms with E-state index in [1.54, 1.807) is 0 Å². The molecule has 0 amide bonds. The number of fused-ring (bicyclic) bond motifs is 1. The Morgan fingerprint density at radius 3 is 2.05 bits per heavy atom. The van der Waals surface area contributed by atoms with Crippen LogP contribution in [0.3, 0.4) is 0 Å². The molecule has 2 saturated heterocycles. The normalized spacial score (nSPS) is 43.6. The second-order valence-corrected chi connectivity index (χ2v) is 8.42. The highest BCUT2D eigenvalue weighted by Crippen LogP contribution is 2.53. The summed E-state index contributed by atoms with van der Waals surface area (Å²) in [6.45, 7) is 8.00. The second-order valence-electron chi connectivity index (χ2n) is 8.42. The van der Waals surface area contributed by atoms with Crippen LogP contribution in [0.25, 0.3) is 0 Å². The number of hydrogen-bond donors (Lipinski definition) is 0. The van der Waals surface area contributed by atoms with Crippen LogP contribution in [0, 0.1) is 23.2 Å². The lowest BCUT2D eigenvalue weighted by molar-refractivity contribution is -0.0181. The van der Waals surface area contributed by atoms with Crippen molar-refractivity contribution >= 4 is 0 Å². The Hall–Kier alpha value is -0.0800. The molecule has 0 aromatic carbocycles. The summed E-state index contributed by atoms with van der Waals surface area (Å²) in [5, 5.41) is 0. The smallest absolute Gasteiger partial charge is 0.0102 e. The fourth-order valence-electron chi connectivity index (χ4n) is 5.99. The molecule has 1 unspecified atom stereocenters. The Balaban J connectivity index is 1.31. The Bertz CT molecular complexity index is 323. The summed E-state index contributed by atoms with van der Waals surface area (Å²) in [7, 11) is 2.30. The Labute approximate surface area is 118 Å². The third kappa shape index (κ3) is 2.15. The predicted octanol–water partition coefficient (Wildman–Crippen LogP) is 2.84. The zero-order valence-electron chi connectivity index (χ0n) is 12.8. The maximum Gasteiger partial charge on any atom is 0.0102 e. The highest BCUT2D eigenvalue weighted by molar-refractivity contribution is 5.00. The average Bonchev–Trinajstić information content (AvgIpc) is 2.85. The van der Waals surface area contributed by atoms with E-state index in [9.17, 15) is 0 Å². The topological polar surface area (TPSA) is 6.48 Å². The summed E-state index contributed by atoms with van der Waals surface area (Å²) in [6.07, 6.45) is 9.06. The quantitative estimate of drug-likeness (QED) is 0.717. The number of piperidine rings is 1. The minimum Gasteiger partial charge on any atom is -0.306 e. The van der Waals surface area contributed by atoms with E-state index in [0.717, 1.165) is 29.2 Å². The molecule has 1 spiro atoms. The Kier molecular flexibility index (Phi) is 2.97. The molecule has 2 saturated carbocycles. The lowest BCUT2D eigenvalue weighted by Gasteiger charge is -2.52. The average molecular weight is 262 g/mol. The summed E-state index contributed by atoms with van der Waals surface area (Å²) in [4.78, 5) is 5.42. The van der Waals surface area contributed by atoms with Gasteiger partial charge in [0.15, 0.2) is 0 Å². The van der Waals surface area contributed by atoms with Crippen LogP contribution in [0.5, 0.6) is 0 Å². The zero-order chi connectivity index (χ0) is 13.0. The monoisotopic (exact) mass is 262 g/mol. The molecule has 2 nitrogen and oxygen atoms in total. The van der Waals surface area contributed by atoms with E-state index in [1.165, 1.54) is 64.7 Å². The minimum atomic E-state index is 0.796. The summed E-state index contributed by atoms with van der Waals surface area (Å²) < 4.78 is 0. The fraction of sp³-hybridized carbons (Fsp3) is 1.00. The highest BCUT2D eigenvalue weighted by Gasteiger charge is 2.47. The summed E-state index contributed by atoms with van der Waals surface area (Å²) in [5.74, 6) is 3.07. The van der Waals surface area contributed by atoms with Crippen LogP contribution in [0.4, 0.5) is 0 Å². The Morgan fingerprint density at radius 2 is 1.53 bits per heavy atom. The van der Waals surface area contributed by atoms with E-state index in [2.05, 4.69) is 23.8 Å². The van der Waals surface area contributed by atoms with Crippen LogP contribution in [-0.4, -0.2) is 49.1 Å². The van der Waals surface area contributed by atoms with Crippen molar-refractivity contribution in [3.63, 3.8) is 0 Å². The van der Waals surface area contributed by atoms with Crippen molar-refractivity contribution in [3.8, 4) is 0 Å². The molecule has 19 heavy (non-hydrogen) atoms. The van der Waals surface area contributed by atoms with Gasteiger partial charge >= 0.3 is 0 Å². The first-order valence-corrected chi connectivity index (χ1v) is 8.56. The molecule has 2 aliphatic heterocycles. The molecule has 0 radical (unpaired) electrons. The van der Waals surface area contributed by atoms with Gasteiger partial charge in [-0.25, -0.2) is 0 Å². The van der Waals surface area contributed by atoms with E-state index in [4.69, 9.17) is 0 Å². The second kappa shape index (κ2) is 4.46. The van der Waals surface area contributed by atoms with Gasteiger partial charge in [0.25, 0.3) is 0 Å². The van der Waals surface area contributed by atoms with E-state index in [1.807, 2.05) is 0 Å². The first kappa shape index (κ1) is 12.6. The molecule has 2 heteroatoms. The van der Waals surface area contributed by atoms with E-state index >= 15 is 0 Å². The number of likely N-dealkylation sites (tertiary alicyclic amines) is 2. The predicted molar refractivity (Wildman–Crippen MR) is 79.1 cm³/mol. The molecular weight excluding hydrogens is 232 g/mol. The van der Waals surface area contributed by atoms with Crippen molar-refractivity contribution in [2.75, 3.05) is 33.2 Å². The van der Waals surface area contributed by atoms with Crippen molar-refractivity contribution in [2.45, 2.75) is 51.5 Å². The molecule has 3 atom stereocenters. The van der Waals surface area contributed by atoms with Gasteiger partial charge in [-0.3, -0.25) is 0 Å². The number of nitrogens with zero attached hydrogens (tertiary/aromatic N) is 2. The van der Waals surface area contributed by atoms with Gasteiger partial charge in [0.1, 0.15) is 0 Å². The molecule has 2 heterocycles. The fourth-order valence-corrected chi connectivity index (χ4v) is 5.99. The summed E-state index contributed by atoms with van der Waals surface area (Å²) >= 11 is 0. The van der Waals surface area contributed by atoms with Crippen LogP contribution in [0.15, 0.2) is 0 Å². The maximum absolute atomic E-state index is 2.87. The molecular formula is C17H30N2. The maximum atomic E-state index is 2.87. The Morgan fingerprint density at radius 1 is 0.947 bits per heavy atom. The lowest BCUT2D eigenvalue weighted by atomic mass is 9.58. The van der Waals surface area contributed by atoms with Crippen LogP contribution in [0.1, 0.15) is 45.4 Å². The zero-order valence-corrected chi connectivity index (χ0v) is 12.8.